The summed E-state index contributed by atoms with van der Waals surface area (Å²) < 4.78 is 6.93. The molecule has 0 bridgehead atoms. The van der Waals surface area contributed by atoms with E-state index in [1.165, 1.54) is 58.6 Å². The Morgan fingerprint density at radius 3 is 1.49 bits per heavy atom. The molecular weight excluding hydrogens is 679 g/mol. The number of benzene rings is 8. The van der Waals surface area contributed by atoms with E-state index in [-0.39, 0.29) is 0 Å². The van der Waals surface area contributed by atoms with E-state index in [0.717, 1.165) is 22.7 Å². The maximum atomic E-state index is 6.93. The van der Waals surface area contributed by atoms with Crippen molar-refractivity contribution in [1.29, 1.82) is 0 Å². The molecule has 0 N–H and O–H groups in total. The van der Waals surface area contributed by atoms with Crippen LogP contribution in [0.3, 0.4) is 0 Å². The zero-order valence-electron chi connectivity index (χ0n) is 28.8. The van der Waals surface area contributed by atoms with Gasteiger partial charge in [-0.25, -0.2) is 0 Å². The minimum atomic E-state index is -2.82. The van der Waals surface area contributed by atoms with Crippen LogP contribution < -0.4 is 30.4 Å². The Labute approximate surface area is 315 Å². The highest BCUT2D eigenvalue weighted by molar-refractivity contribution is 7.99. The average Bonchev–Trinajstić information content (AvgIpc) is 3.23. The van der Waals surface area contributed by atoms with Crippen LogP contribution in [0, 0.1) is 0 Å². The topological polar surface area (TPSA) is 12.5 Å². The van der Waals surface area contributed by atoms with Crippen LogP contribution in [0.2, 0.25) is 0 Å². The molecule has 0 saturated heterocycles. The van der Waals surface area contributed by atoms with Crippen molar-refractivity contribution < 1.29 is 4.74 Å². The minimum Gasteiger partial charge on any atom is -0.457 e. The van der Waals surface area contributed by atoms with Gasteiger partial charge in [0.2, 0.25) is 0 Å². The van der Waals surface area contributed by atoms with Crippen molar-refractivity contribution >= 4 is 57.6 Å². The summed E-state index contributed by atoms with van der Waals surface area (Å²) in [6, 6.07) is 74.2. The Balaban J connectivity index is 1.27. The molecular formula is C49H33NOSSi. The van der Waals surface area contributed by atoms with Gasteiger partial charge in [-0.3, -0.25) is 0 Å². The van der Waals surface area contributed by atoms with E-state index < -0.39 is 13.5 Å². The first-order valence-electron chi connectivity index (χ1n) is 18.2. The number of fused-ring (bicyclic) bond motifs is 10. The van der Waals surface area contributed by atoms with Gasteiger partial charge in [-0.1, -0.05) is 163 Å². The third-order valence-electron chi connectivity index (χ3n) is 11.5. The number of hydrogen-bond donors (Lipinski definition) is 0. The monoisotopic (exact) mass is 711 g/mol. The highest BCUT2D eigenvalue weighted by Crippen LogP contribution is 2.58. The first kappa shape index (κ1) is 30.5. The van der Waals surface area contributed by atoms with E-state index in [0.29, 0.717) is 0 Å². The molecule has 53 heavy (non-hydrogen) atoms. The van der Waals surface area contributed by atoms with E-state index in [9.17, 15) is 0 Å². The molecule has 2 nitrogen and oxygen atoms in total. The van der Waals surface area contributed by atoms with Crippen LogP contribution in [-0.4, -0.2) is 8.07 Å². The summed E-state index contributed by atoms with van der Waals surface area (Å²) in [5, 5.41) is 5.59. The molecule has 11 rings (SSSR count). The summed E-state index contributed by atoms with van der Waals surface area (Å²) in [5.41, 5.74) is 7.81. The second-order valence-corrected chi connectivity index (χ2v) is 18.8. The van der Waals surface area contributed by atoms with Crippen LogP contribution in [0.1, 0.15) is 22.3 Å². The second-order valence-electron chi connectivity index (χ2n) is 14.0. The SMILES string of the molecule is c1ccc([Si]2(c3ccccc3)c3ccccc3C3(c4ccccc4Oc4ccc(N5c6ccccc6Sc6ccccc65)cc43)c3ccccc32)cc1. The third kappa shape index (κ3) is 4.16. The summed E-state index contributed by atoms with van der Waals surface area (Å²) >= 11 is 1.84. The van der Waals surface area contributed by atoms with E-state index in [1.807, 2.05) is 11.8 Å². The molecule has 0 atom stereocenters. The molecule has 3 aliphatic heterocycles. The van der Waals surface area contributed by atoms with Gasteiger partial charge in [0.25, 0.3) is 0 Å². The largest absolute Gasteiger partial charge is 0.457 e. The van der Waals surface area contributed by atoms with Crippen LogP contribution in [-0.2, 0) is 5.41 Å². The van der Waals surface area contributed by atoms with Crippen molar-refractivity contribution in [3.05, 3.63) is 222 Å². The Kier molecular flexibility index (Phi) is 6.76. The Hall–Kier alpha value is -6.07. The lowest BCUT2D eigenvalue weighted by atomic mass is 9.63. The first-order chi connectivity index (χ1) is 26.3. The molecule has 8 aromatic rings. The fourth-order valence-electron chi connectivity index (χ4n) is 9.46. The molecule has 0 aliphatic carbocycles. The third-order valence-corrected chi connectivity index (χ3v) is 17.5. The lowest BCUT2D eigenvalue weighted by Crippen LogP contribution is -2.79. The zero-order valence-corrected chi connectivity index (χ0v) is 30.6. The molecule has 0 unspecified atom stereocenters. The molecule has 0 radical (unpaired) electrons. The first-order valence-corrected chi connectivity index (χ1v) is 21.0. The predicted octanol–water partition coefficient (Wildman–Crippen LogP) is 9.80. The van der Waals surface area contributed by atoms with Gasteiger partial charge in [-0.05, 0) is 80.4 Å². The standard InChI is InChI=1S/C49H33NOSSi/c1-3-17-35(18-4-1)53(36-19-5-2-6-20-36)47-29-15-8-22-38(47)49(39-23-9-16-30-48(39)53)37-21-7-12-26-43(37)51-44-32-31-34(33-40(44)49)50-41-24-10-13-27-45(41)52-46-28-14-11-25-42(46)50/h1-33H. The van der Waals surface area contributed by atoms with Crippen molar-refractivity contribution in [2.75, 3.05) is 4.90 Å². The van der Waals surface area contributed by atoms with Crippen molar-refractivity contribution in [3.8, 4) is 11.5 Å². The molecule has 0 amide bonds. The van der Waals surface area contributed by atoms with Crippen LogP contribution in [0.25, 0.3) is 0 Å². The molecule has 8 aromatic carbocycles. The molecule has 1 spiro atoms. The van der Waals surface area contributed by atoms with Gasteiger partial charge >= 0.3 is 0 Å². The average molecular weight is 712 g/mol. The van der Waals surface area contributed by atoms with Gasteiger partial charge in [0.1, 0.15) is 11.5 Å². The Morgan fingerprint density at radius 2 is 0.887 bits per heavy atom. The highest BCUT2D eigenvalue weighted by atomic mass is 32.2. The van der Waals surface area contributed by atoms with Crippen LogP contribution >= 0.6 is 11.8 Å². The summed E-state index contributed by atoms with van der Waals surface area (Å²) in [4.78, 5) is 4.92. The maximum Gasteiger partial charge on any atom is 0.180 e. The molecule has 4 heteroatoms. The quantitative estimate of drug-likeness (QED) is 0.169. The van der Waals surface area contributed by atoms with Gasteiger partial charge in [-0.2, -0.15) is 0 Å². The molecule has 3 heterocycles. The normalized spacial score (nSPS) is 15.1. The Bertz CT molecular complexity index is 2570. The van der Waals surface area contributed by atoms with Crippen molar-refractivity contribution in [1.82, 2.24) is 0 Å². The fraction of sp³-hybridized carbons (Fsp3) is 0.0204. The summed E-state index contributed by atoms with van der Waals surface area (Å²) in [5.74, 6) is 1.79. The number of anilines is 3. The molecule has 3 aliphatic rings. The van der Waals surface area contributed by atoms with Crippen molar-refractivity contribution in [3.63, 3.8) is 0 Å². The van der Waals surface area contributed by atoms with Gasteiger partial charge in [0.15, 0.2) is 8.07 Å². The van der Waals surface area contributed by atoms with Gasteiger partial charge < -0.3 is 9.64 Å². The maximum absolute atomic E-state index is 6.93. The summed E-state index contributed by atoms with van der Waals surface area (Å²) in [6.07, 6.45) is 0. The van der Waals surface area contributed by atoms with Gasteiger partial charge in [-0.15, -0.1) is 0 Å². The van der Waals surface area contributed by atoms with E-state index in [2.05, 4.69) is 205 Å². The zero-order chi connectivity index (χ0) is 35.0. The van der Waals surface area contributed by atoms with Crippen molar-refractivity contribution in [2.24, 2.45) is 0 Å². The molecule has 0 fully saturated rings. The fourth-order valence-corrected chi connectivity index (χ4v) is 15.8. The lowest BCUT2D eigenvalue weighted by Gasteiger charge is -2.51. The van der Waals surface area contributed by atoms with E-state index in [1.54, 1.807) is 0 Å². The lowest BCUT2D eigenvalue weighted by molar-refractivity contribution is 0.435. The number of hydrogen-bond acceptors (Lipinski definition) is 3. The van der Waals surface area contributed by atoms with Gasteiger partial charge in [0.05, 0.1) is 16.8 Å². The van der Waals surface area contributed by atoms with Gasteiger partial charge in [0, 0.05) is 26.6 Å². The number of para-hydroxylation sites is 3. The van der Waals surface area contributed by atoms with E-state index in [4.69, 9.17) is 4.74 Å². The van der Waals surface area contributed by atoms with Crippen molar-refractivity contribution in [2.45, 2.75) is 15.2 Å². The number of rotatable bonds is 3. The Morgan fingerprint density at radius 1 is 0.415 bits per heavy atom. The van der Waals surface area contributed by atoms with Crippen LogP contribution in [0.4, 0.5) is 17.1 Å². The highest BCUT2D eigenvalue weighted by Gasteiger charge is 2.57. The number of nitrogens with zero attached hydrogens (tertiary/aromatic N) is 1. The van der Waals surface area contributed by atoms with Crippen LogP contribution in [0.5, 0.6) is 11.5 Å². The smallest absolute Gasteiger partial charge is 0.180 e. The second kappa shape index (κ2) is 11.7. The number of ether oxygens (including phenoxy) is 1. The molecule has 0 aromatic heterocycles. The van der Waals surface area contributed by atoms with E-state index >= 15 is 0 Å². The summed E-state index contributed by atoms with van der Waals surface area (Å²) in [7, 11) is -2.82. The predicted molar refractivity (Wildman–Crippen MR) is 221 cm³/mol. The minimum absolute atomic E-state index is 0.642. The van der Waals surface area contributed by atoms with Crippen LogP contribution in [0.15, 0.2) is 210 Å². The summed E-state index contributed by atoms with van der Waals surface area (Å²) in [6.45, 7) is 0. The molecule has 250 valence electrons. The molecule has 0 saturated carbocycles.